The molecule has 2 N–H and O–H groups in total. The van der Waals surface area contributed by atoms with Crippen molar-refractivity contribution < 1.29 is 18.8 Å². The Bertz CT molecular complexity index is 1610. The fraction of sp³-hybridized carbons (Fsp3) is 0.290. The molecule has 0 atom stereocenters. The van der Waals surface area contributed by atoms with Gasteiger partial charge >= 0.3 is 0 Å². The fourth-order valence-electron chi connectivity index (χ4n) is 5.12. The van der Waals surface area contributed by atoms with Crippen molar-refractivity contribution in [2.24, 2.45) is 0 Å². The standard InChI is InChI=1S/C31H33N7O3/c1-6-28(39)33-23-16-24(27(40-5)17-25(23)37(4)15-14-36(2)3)35-30-32-13-10-22(34-30)21-18-38-19-31(11-12-31)41-26-9-7-8-20(21)29(26)38/h6-10,13,16-19H,1,11-12,14-15H2,2-5H3,(H-,32,33,34,35,39)/p+1. The molecular weight excluding hydrogens is 518 g/mol. The summed E-state index contributed by atoms with van der Waals surface area (Å²) in [4.78, 5) is 25.8. The van der Waals surface area contributed by atoms with Gasteiger partial charge in [-0.3, -0.25) is 4.79 Å². The number of carbonyl (C=O) groups is 1. The third kappa shape index (κ3) is 5.14. The molecule has 1 spiro atoms. The van der Waals surface area contributed by atoms with Crippen molar-refractivity contribution in [2.45, 2.75) is 18.4 Å². The molecule has 41 heavy (non-hydrogen) atoms. The van der Waals surface area contributed by atoms with E-state index in [-0.39, 0.29) is 11.5 Å². The van der Waals surface area contributed by atoms with Crippen molar-refractivity contribution >= 4 is 46.4 Å². The lowest BCUT2D eigenvalue weighted by Crippen LogP contribution is -2.29. The monoisotopic (exact) mass is 552 g/mol. The summed E-state index contributed by atoms with van der Waals surface area (Å²) in [5, 5.41) is 6.24. The Morgan fingerprint density at radius 2 is 2.02 bits per heavy atom. The minimum atomic E-state index is -0.302. The number of rotatable bonds is 10. The van der Waals surface area contributed by atoms with E-state index in [1.54, 1.807) is 13.3 Å². The molecule has 2 aliphatic heterocycles. The number of hydrogen-bond donors (Lipinski definition) is 2. The van der Waals surface area contributed by atoms with Gasteiger partial charge in [0.2, 0.25) is 11.9 Å². The highest BCUT2D eigenvalue weighted by Crippen LogP contribution is 2.50. The van der Waals surface area contributed by atoms with Gasteiger partial charge in [-0.15, -0.1) is 0 Å². The van der Waals surface area contributed by atoms with E-state index in [9.17, 15) is 4.79 Å². The second kappa shape index (κ2) is 10.4. The highest BCUT2D eigenvalue weighted by atomic mass is 16.5. The Balaban J connectivity index is 1.33. The SMILES string of the molecule is C=CC(=O)Nc1cc(Nc2nccc(C3=C[N+]4=CC5(CC5)Oc5cccc3c54)n2)c(OC)cc1N(C)CCN(C)C. The molecule has 3 aromatic rings. The van der Waals surface area contributed by atoms with E-state index >= 15 is 0 Å². The van der Waals surface area contributed by atoms with Gasteiger partial charge in [0, 0.05) is 45.2 Å². The molecule has 0 radical (unpaired) electrons. The molecular formula is C31H34N7O3+. The maximum atomic E-state index is 12.3. The van der Waals surface area contributed by atoms with Crippen LogP contribution in [-0.2, 0) is 4.79 Å². The molecule has 3 heterocycles. The molecule has 1 saturated carbocycles. The smallest absolute Gasteiger partial charge is 0.261 e. The third-order valence-corrected chi connectivity index (χ3v) is 7.48. The zero-order chi connectivity index (χ0) is 28.7. The van der Waals surface area contributed by atoms with E-state index in [0.717, 1.165) is 59.9 Å². The Kier molecular flexibility index (Phi) is 6.70. The van der Waals surface area contributed by atoms with Crippen molar-refractivity contribution in [2.75, 3.05) is 56.9 Å². The van der Waals surface area contributed by atoms with Crippen LogP contribution >= 0.6 is 0 Å². The first-order valence-corrected chi connectivity index (χ1v) is 13.6. The summed E-state index contributed by atoms with van der Waals surface area (Å²) >= 11 is 0. The number of aromatic nitrogens is 2. The van der Waals surface area contributed by atoms with Crippen LogP contribution in [0, 0.1) is 0 Å². The number of methoxy groups -OCH3 is 1. The van der Waals surface area contributed by atoms with Gasteiger partial charge < -0.3 is 29.9 Å². The average molecular weight is 553 g/mol. The van der Waals surface area contributed by atoms with Crippen LogP contribution in [0.15, 0.2) is 61.4 Å². The summed E-state index contributed by atoms with van der Waals surface area (Å²) in [5.41, 5.74) is 5.76. The minimum Gasteiger partial charge on any atom is -0.494 e. The van der Waals surface area contributed by atoms with Crippen LogP contribution in [0.5, 0.6) is 11.5 Å². The van der Waals surface area contributed by atoms with Gasteiger partial charge in [0.05, 0.1) is 41.0 Å². The maximum absolute atomic E-state index is 12.3. The third-order valence-electron chi connectivity index (χ3n) is 7.48. The molecule has 10 heteroatoms. The number of carbonyl (C=O) groups excluding carboxylic acids is 1. The van der Waals surface area contributed by atoms with E-state index in [1.165, 1.54) is 6.08 Å². The van der Waals surface area contributed by atoms with Crippen LogP contribution in [-0.4, -0.2) is 78.5 Å². The topological polar surface area (TPSA) is 94.9 Å². The van der Waals surface area contributed by atoms with Crippen LogP contribution in [0.1, 0.15) is 24.1 Å². The zero-order valence-corrected chi connectivity index (χ0v) is 23.8. The number of anilines is 4. The second-order valence-corrected chi connectivity index (χ2v) is 10.8. The number of likely N-dealkylation sites (N-methyl/N-ethyl adjacent to an activating group) is 2. The van der Waals surface area contributed by atoms with Gasteiger partial charge in [-0.1, -0.05) is 12.6 Å². The average Bonchev–Trinajstić information content (AvgIpc) is 3.60. The summed E-state index contributed by atoms with van der Waals surface area (Å²) < 4.78 is 14.2. The lowest BCUT2D eigenvalue weighted by Gasteiger charge is -2.26. The zero-order valence-electron chi connectivity index (χ0n) is 23.8. The number of para-hydroxylation sites is 1. The van der Waals surface area contributed by atoms with Gasteiger partial charge in [-0.25, -0.2) is 9.97 Å². The molecule has 2 aromatic carbocycles. The second-order valence-electron chi connectivity index (χ2n) is 10.8. The van der Waals surface area contributed by atoms with Gasteiger partial charge in [0.15, 0.2) is 23.8 Å². The van der Waals surface area contributed by atoms with Crippen LogP contribution in [0.4, 0.5) is 28.7 Å². The van der Waals surface area contributed by atoms with Crippen molar-refractivity contribution in [3.05, 3.63) is 72.7 Å². The minimum absolute atomic E-state index is 0.183. The molecule has 1 aliphatic carbocycles. The normalized spacial score (nSPS) is 15.4. The van der Waals surface area contributed by atoms with Crippen molar-refractivity contribution in [1.29, 1.82) is 0 Å². The van der Waals surface area contributed by atoms with E-state index in [2.05, 4.69) is 55.1 Å². The summed E-state index contributed by atoms with van der Waals surface area (Å²) in [6.07, 6.45) is 9.33. The predicted molar refractivity (Wildman–Crippen MR) is 161 cm³/mol. The molecule has 1 aromatic heterocycles. The molecule has 3 aliphatic rings. The van der Waals surface area contributed by atoms with E-state index in [4.69, 9.17) is 14.5 Å². The predicted octanol–water partition coefficient (Wildman–Crippen LogP) is 4.39. The highest BCUT2D eigenvalue weighted by molar-refractivity contribution is 6.02. The molecule has 0 unspecified atom stereocenters. The highest BCUT2D eigenvalue weighted by Gasteiger charge is 2.53. The van der Waals surface area contributed by atoms with Gasteiger partial charge in [-0.05, 0) is 44.4 Å². The quantitative estimate of drug-likeness (QED) is 0.283. The number of ether oxygens (including phenoxy) is 2. The first-order chi connectivity index (χ1) is 19.8. The van der Waals surface area contributed by atoms with E-state index < -0.39 is 0 Å². The van der Waals surface area contributed by atoms with Crippen molar-refractivity contribution in [1.82, 2.24) is 14.9 Å². The van der Waals surface area contributed by atoms with Crippen LogP contribution < -0.4 is 25.0 Å². The van der Waals surface area contributed by atoms with Crippen LogP contribution in [0.3, 0.4) is 0 Å². The van der Waals surface area contributed by atoms with Crippen LogP contribution in [0.2, 0.25) is 0 Å². The molecule has 0 saturated heterocycles. The van der Waals surface area contributed by atoms with Crippen LogP contribution in [0.25, 0.3) is 5.57 Å². The first kappa shape index (κ1) is 26.5. The Labute approximate surface area is 239 Å². The van der Waals surface area contributed by atoms with Gasteiger partial charge in [0.25, 0.3) is 5.69 Å². The summed E-state index contributed by atoms with van der Waals surface area (Å²) in [6.45, 7) is 5.20. The summed E-state index contributed by atoms with van der Waals surface area (Å²) in [6, 6.07) is 11.8. The number of hydrogen-bond acceptors (Lipinski definition) is 8. The first-order valence-electron chi connectivity index (χ1n) is 13.6. The molecule has 1 amide bonds. The van der Waals surface area contributed by atoms with Gasteiger partial charge in [-0.2, -0.15) is 4.58 Å². The lowest BCUT2D eigenvalue weighted by molar-refractivity contribution is -0.360. The lowest BCUT2D eigenvalue weighted by atomic mass is 10.0. The molecule has 1 fully saturated rings. The largest absolute Gasteiger partial charge is 0.494 e. The summed E-state index contributed by atoms with van der Waals surface area (Å²) in [7, 11) is 7.64. The number of amides is 1. The fourth-order valence-corrected chi connectivity index (χ4v) is 5.12. The van der Waals surface area contributed by atoms with E-state index in [1.807, 2.05) is 51.5 Å². The number of nitrogens with zero attached hydrogens (tertiary/aromatic N) is 5. The molecule has 6 rings (SSSR count). The summed E-state index contributed by atoms with van der Waals surface area (Å²) in [5.74, 6) is 1.59. The van der Waals surface area contributed by atoms with E-state index in [0.29, 0.717) is 23.1 Å². The molecule has 210 valence electrons. The Morgan fingerprint density at radius 3 is 2.76 bits per heavy atom. The van der Waals surface area contributed by atoms with Crippen molar-refractivity contribution in [3.63, 3.8) is 0 Å². The molecule has 10 nitrogen and oxygen atoms in total. The van der Waals surface area contributed by atoms with Crippen molar-refractivity contribution in [3.8, 4) is 11.5 Å². The number of nitrogens with one attached hydrogen (secondary N) is 2. The maximum Gasteiger partial charge on any atom is 0.261 e. The Morgan fingerprint density at radius 1 is 1.20 bits per heavy atom. The Hall–Kier alpha value is -4.70. The molecule has 0 bridgehead atoms. The van der Waals surface area contributed by atoms with Gasteiger partial charge in [0.1, 0.15) is 5.75 Å². The number of benzene rings is 2.